The molecule has 1 aliphatic heterocycles. The average Bonchev–Trinajstić information content (AvgIpc) is 2.64. The van der Waals surface area contributed by atoms with Crippen molar-refractivity contribution < 1.29 is 23.8 Å². The molecule has 96 valence electrons. The Kier molecular flexibility index (Phi) is 3.50. The third-order valence-electron chi connectivity index (χ3n) is 2.68. The molecule has 5 nitrogen and oxygen atoms in total. The smallest absolute Gasteiger partial charge is 0.347 e. The number of fused-ring (bicyclic) bond motifs is 1. The number of rotatable bonds is 5. The van der Waals surface area contributed by atoms with E-state index >= 15 is 0 Å². The summed E-state index contributed by atoms with van der Waals surface area (Å²) >= 11 is 0. The summed E-state index contributed by atoms with van der Waals surface area (Å²) in [6, 6.07) is 2.97. The number of esters is 2. The Labute approximate surface area is 105 Å². The van der Waals surface area contributed by atoms with Gasteiger partial charge in [0.05, 0.1) is 24.8 Å². The molecule has 1 aromatic rings. The molecule has 0 radical (unpaired) electrons. The molecule has 0 spiro atoms. The lowest BCUT2D eigenvalue weighted by molar-refractivity contribution is 0.0443. The van der Waals surface area contributed by atoms with Gasteiger partial charge in [0, 0.05) is 0 Å². The maximum Gasteiger partial charge on any atom is 0.347 e. The van der Waals surface area contributed by atoms with E-state index < -0.39 is 11.9 Å². The van der Waals surface area contributed by atoms with E-state index in [9.17, 15) is 9.59 Å². The van der Waals surface area contributed by atoms with E-state index in [1.54, 1.807) is 0 Å². The lowest BCUT2D eigenvalue weighted by Crippen LogP contribution is -2.01. The summed E-state index contributed by atoms with van der Waals surface area (Å²) in [7, 11) is 1.48. The van der Waals surface area contributed by atoms with Gasteiger partial charge < -0.3 is 14.2 Å². The summed E-state index contributed by atoms with van der Waals surface area (Å²) in [4.78, 5) is 22.8. The Bertz CT molecular complexity index is 492. The summed E-state index contributed by atoms with van der Waals surface area (Å²) in [5, 5.41) is 0. The van der Waals surface area contributed by atoms with Gasteiger partial charge in [0.1, 0.15) is 0 Å². The van der Waals surface area contributed by atoms with E-state index in [1.807, 2.05) is 0 Å². The lowest BCUT2D eigenvalue weighted by Gasteiger charge is -2.10. The van der Waals surface area contributed by atoms with Crippen LogP contribution in [0.2, 0.25) is 0 Å². The molecule has 0 atom stereocenters. The number of cyclic esters (lactones) is 2. The third kappa shape index (κ3) is 2.16. The van der Waals surface area contributed by atoms with Crippen molar-refractivity contribution in [1.82, 2.24) is 0 Å². The number of ether oxygens (including phenoxy) is 3. The molecule has 2 rings (SSSR count). The minimum atomic E-state index is -0.645. The van der Waals surface area contributed by atoms with Crippen LogP contribution in [0.5, 0.6) is 11.5 Å². The zero-order valence-corrected chi connectivity index (χ0v) is 10.3. The fourth-order valence-corrected chi connectivity index (χ4v) is 1.69. The average molecular weight is 250 g/mol. The first-order chi connectivity index (χ1) is 8.67. The zero-order chi connectivity index (χ0) is 13.1. The summed E-state index contributed by atoms with van der Waals surface area (Å²) in [6.07, 6.45) is 1.91. The molecule has 0 unspecified atom stereocenters. The van der Waals surface area contributed by atoms with Crippen LogP contribution in [-0.4, -0.2) is 25.7 Å². The van der Waals surface area contributed by atoms with Gasteiger partial charge >= 0.3 is 11.9 Å². The molecule has 0 saturated carbocycles. The van der Waals surface area contributed by atoms with Gasteiger partial charge in [-0.1, -0.05) is 13.3 Å². The van der Waals surface area contributed by atoms with Crippen molar-refractivity contribution in [3.05, 3.63) is 23.3 Å². The first-order valence-corrected chi connectivity index (χ1v) is 5.78. The fourth-order valence-electron chi connectivity index (χ4n) is 1.69. The van der Waals surface area contributed by atoms with Gasteiger partial charge in [0.25, 0.3) is 0 Å². The number of unbranched alkanes of at least 4 members (excludes halogenated alkanes) is 1. The summed E-state index contributed by atoms with van der Waals surface area (Å²) in [5.41, 5.74) is 0.451. The van der Waals surface area contributed by atoms with Crippen LogP contribution in [-0.2, 0) is 4.74 Å². The van der Waals surface area contributed by atoms with Gasteiger partial charge in [-0.2, -0.15) is 0 Å². The van der Waals surface area contributed by atoms with Crippen LogP contribution >= 0.6 is 0 Å². The topological polar surface area (TPSA) is 61.8 Å². The van der Waals surface area contributed by atoms with E-state index in [1.165, 1.54) is 19.2 Å². The molecule has 0 N–H and O–H groups in total. The van der Waals surface area contributed by atoms with Crippen LogP contribution in [0.1, 0.15) is 40.5 Å². The third-order valence-corrected chi connectivity index (χ3v) is 2.68. The number of carbonyl (C=O) groups is 2. The molecular formula is C13H14O5. The second-order valence-corrected chi connectivity index (χ2v) is 3.93. The molecule has 0 saturated heterocycles. The maximum absolute atomic E-state index is 11.4. The largest absolute Gasteiger partial charge is 0.493 e. The van der Waals surface area contributed by atoms with Crippen LogP contribution in [0.4, 0.5) is 0 Å². The number of hydrogen-bond acceptors (Lipinski definition) is 5. The molecular weight excluding hydrogens is 236 g/mol. The summed E-state index contributed by atoms with van der Waals surface area (Å²) < 4.78 is 15.2. The SMILES string of the molecule is CCCCOc1cc2c(cc1OC)C(=O)OC2=O. The van der Waals surface area contributed by atoms with Gasteiger partial charge in [-0.25, -0.2) is 9.59 Å². The summed E-state index contributed by atoms with van der Waals surface area (Å²) in [6.45, 7) is 2.59. The number of hydrogen-bond donors (Lipinski definition) is 0. The first-order valence-electron chi connectivity index (χ1n) is 5.78. The van der Waals surface area contributed by atoms with Crippen molar-refractivity contribution in [3.8, 4) is 11.5 Å². The first kappa shape index (κ1) is 12.4. The Morgan fingerprint density at radius 1 is 1.11 bits per heavy atom. The van der Waals surface area contributed by atoms with Crippen molar-refractivity contribution in [2.45, 2.75) is 19.8 Å². The fraction of sp³-hybridized carbons (Fsp3) is 0.385. The number of benzene rings is 1. The molecule has 0 aliphatic carbocycles. The maximum atomic E-state index is 11.4. The Morgan fingerprint density at radius 2 is 1.72 bits per heavy atom. The van der Waals surface area contributed by atoms with E-state index in [-0.39, 0.29) is 11.1 Å². The summed E-state index contributed by atoms with van der Waals surface area (Å²) in [5.74, 6) is -0.403. The van der Waals surface area contributed by atoms with Gasteiger partial charge in [-0.05, 0) is 18.6 Å². The van der Waals surface area contributed by atoms with Crippen LogP contribution in [0.3, 0.4) is 0 Å². The van der Waals surface area contributed by atoms with Crippen LogP contribution in [0, 0.1) is 0 Å². The predicted octanol–water partition coefficient (Wildman–Crippen LogP) is 2.18. The molecule has 0 fully saturated rings. The molecule has 18 heavy (non-hydrogen) atoms. The highest BCUT2D eigenvalue weighted by molar-refractivity contribution is 6.15. The van der Waals surface area contributed by atoms with E-state index in [0.717, 1.165) is 12.8 Å². The molecule has 1 aliphatic rings. The van der Waals surface area contributed by atoms with Crippen molar-refractivity contribution in [2.75, 3.05) is 13.7 Å². The van der Waals surface area contributed by atoms with Crippen molar-refractivity contribution >= 4 is 11.9 Å². The molecule has 0 amide bonds. The van der Waals surface area contributed by atoms with Crippen LogP contribution in [0.15, 0.2) is 12.1 Å². The highest BCUT2D eigenvalue weighted by Crippen LogP contribution is 2.34. The van der Waals surface area contributed by atoms with Crippen LogP contribution < -0.4 is 9.47 Å². The molecule has 1 heterocycles. The van der Waals surface area contributed by atoms with E-state index in [0.29, 0.717) is 18.1 Å². The lowest BCUT2D eigenvalue weighted by atomic mass is 10.1. The zero-order valence-electron chi connectivity index (χ0n) is 10.3. The van der Waals surface area contributed by atoms with Crippen molar-refractivity contribution in [3.63, 3.8) is 0 Å². The van der Waals surface area contributed by atoms with Gasteiger partial charge in [-0.15, -0.1) is 0 Å². The minimum absolute atomic E-state index is 0.222. The highest BCUT2D eigenvalue weighted by atomic mass is 16.6. The van der Waals surface area contributed by atoms with Crippen molar-refractivity contribution in [1.29, 1.82) is 0 Å². The van der Waals surface area contributed by atoms with Crippen molar-refractivity contribution in [2.24, 2.45) is 0 Å². The van der Waals surface area contributed by atoms with Gasteiger partial charge in [0.2, 0.25) is 0 Å². The minimum Gasteiger partial charge on any atom is -0.493 e. The Hall–Kier alpha value is -2.04. The number of methoxy groups -OCH3 is 1. The standard InChI is InChI=1S/C13H14O5/c1-3-4-5-17-11-7-9-8(6-10(11)16-2)12(14)18-13(9)15/h6-7H,3-5H2,1-2H3. The highest BCUT2D eigenvalue weighted by Gasteiger charge is 2.31. The van der Waals surface area contributed by atoms with Gasteiger partial charge in [-0.3, -0.25) is 0 Å². The second-order valence-electron chi connectivity index (χ2n) is 3.93. The number of carbonyl (C=O) groups excluding carboxylic acids is 2. The quantitative estimate of drug-likeness (QED) is 0.455. The molecule has 1 aromatic carbocycles. The van der Waals surface area contributed by atoms with Gasteiger partial charge in [0.15, 0.2) is 11.5 Å². The Morgan fingerprint density at radius 3 is 2.28 bits per heavy atom. The van der Waals surface area contributed by atoms with E-state index in [2.05, 4.69) is 11.7 Å². The van der Waals surface area contributed by atoms with E-state index in [4.69, 9.17) is 9.47 Å². The monoisotopic (exact) mass is 250 g/mol. The molecule has 0 aromatic heterocycles. The predicted molar refractivity (Wildman–Crippen MR) is 63.1 cm³/mol. The Balaban J connectivity index is 2.33. The molecule has 0 bridgehead atoms. The normalized spacial score (nSPS) is 13.2. The molecule has 5 heteroatoms. The van der Waals surface area contributed by atoms with Crippen LogP contribution in [0.25, 0.3) is 0 Å². The second kappa shape index (κ2) is 5.08.